The molecule has 1 unspecified atom stereocenters. The summed E-state index contributed by atoms with van der Waals surface area (Å²) in [6, 6.07) is 54.5. The lowest BCUT2D eigenvalue weighted by Gasteiger charge is -2.19. The smallest absolute Gasteiger partial charge is 0.343 e. The number of esters is 5. The van der Waals surface area contributed by atoms with E-state index in [0.717, 1.165) is 43.1 Å². The van der Waals surface area contributed by atoms with Gasteiger partial charge in [-0.05, 0) is 172 Å². The molecule has 0 bridgehead atoms. The highest BCUT2D eigenvalue weighted by molar-refractivity contribution is 6.11. The highest BCUT2D eigenvalue weighted by Gasteiger charge is 2.24. The van der Waals surface area contributed by atoms with Crippen LogP contribution < -0.4 is 28.4 Å². The van der Waals surface area contributed by atoms with Crippen molar-refractivity contribution in [1.29, 1.82) is 0 Å². The van der Waals surface area contributed by atoms with E-state index in [1.165, 1.54) is 48.5 Å². The van der Waals surface area contributed by atoms with Crippen molar-refractivity contribution in [1.82, 2.24) is 0 Å². The monoisotopic (exact) mass is 1000 g/mol. The largest absolute Gasteiger partial charge is 0.461 e. The first kappa shape index (κ1) is 49.4. The van der Waals surface area contributed by atoms with Gasteiger partial charge in [-0.1, -0.05) is 98.1 Å². The summed E-state index contributed by atoms with van der Waals surface area (Å²) in [6.45, 7) is 10.5. The summed E-state index contributed by atoms with van der Waals surface area (Å²) >= 11 is 0. The lowest BCUT2D eigenvalue weighted by molar-refractivity contribution is -0.130. The molecule has 0 amide bonds. The van der Waals surface area contributed by atoms with Gasteiger partial charge in [0.05, 0.1) is 22.3 Å². The summed E-state index contributed by atoms with van der Waals surface area (Å²) in [6.07, 6.45) is -1.15. The second kappa shape index (κ2) is 21.1. The van der Waals surface area contributed by atoms with Crippen LogP contribution in [0.15, 0.2) is 218 Å². The van der Waals surface area contributed by atoms with Crippen LogP contribution in [0.5, 0.6) is 34.5 Å². The third-order valence-corrected chi connectivity index (χ3v) is 12.4. The molecule has 0 aliphatic rings. The fourth-order valence-corrected chi connectivity index (χ4v) is 8.42. The molecule has 0 saturated carbocycles. The van der Waals surface area contributed by atoms with Gasteiger partial charge in [0.2, 0.25) is 6.29 Å². The van der Waals surface area contributed by atoms with Gasteiger partial charge in [0.25, 0.3) is 0 Å². The predicted molar refractivity (Wildman–Crippen MR) is 289 cm³/mol. The summed E-state index contributed by atoms with van der Waals surface area (Å²) in [5, 5.41) is 16.2. The standard InChI is InChI=1S/C64H44O12/c1-37(2)59(65)73-51-29-21-43-33-47(15-13-45(43)35-51)63(69)71-49-25-17-41(18-26-49)61(67)75-55-31-23-39-9-5-7-11-53(39)57(55)58-54-12-8-6-10-40(54)24-32-56(58)76-62(68)42-19-27-50(28-20-42)72-64(70)48-16-14-46-36-52(30-22-44(46)34-48)74-60(66)38(3)4/h5-36,59,65H,1,3H2,2,4H3. The van der Waals surface area contributed by atoms with Crippen LogP contribution in [0.4, 0.5) is 0 Å². The molecular weight excluding hydrogens is 961 g/mol. The fraction of sp³-hybridized carbons (Fsp3) is 0.0469. The van der Waals surface area contributed by atoms with Crippen molar-refractivity contribution in [3.05, 3.63) is 241 Å². The van der Waals surface area contributed by atoms with Crippen molar-refractivity contribution in [3.63, 3.8) is 0 Å². The Balaban J connectivity index is 0.864. The van der Waals surface area contributed by atoms with Crippen LogP contribution >= 0.6 is 0 Å². The topological polar surface area (TPSA) is 161 Å². The van der Waals surface area contributed by atoms with Gasteiger partial charge in [0, 0.05) is 16.7 Å². The number of ether oxygens (including phenoxy) is 6. The van der Waals surface area contributed by atoms with E-state index < -0.39 is 36.1 Å². The van der Waals surface area contributed by atoms with E-state index in [4.69, 9.17) is 28.4 Å². The number of fused-ring (bicyclic) bond motifs is 4. The van der Waals surface area contributed by atoms with Gasteiger partial charge in [0.1, 0.15) is 34.5 Å². The normalized spacial score (nSPS) is 11.4. The predicted octanol–water partition coefficient (Wildman–Crippen LogP) is 13.6. The van der Waals surface area contributed by atoms with Crippen LogP contribution in [-0.4, -0.2) is 41.2 Å². The van der Waals surface area contributed by atoms with Crippen molar-refractivity contribution in [2.24, 2.45) is 0 Å². The summed E-state index contributed by atoms with van der Waals surface area (Å²) in [7, 11) is 0. The van der Waals surface area contributed by atoms with Gasteiger partial charge in [0.15, 0.2) is 0 Å². The molecule has 12 heteroatoms. The number of carbonyl (C=O) groups excluding carboxylic acids is 5. The molecule has 0 saturated heterocycles. The molecule has 0 aliphatic heterocycles. The van der Waals surface area contributed by atoms with Gasteiger partial charge >= 0.3 is 29.8 Å². The number of benzene rings is 10. The molecule has 10 aromatic rings. The minimum atomic E-state index is -1.15. The molecule has 0 fully saturated rings. The Labute approximate surface area is 435 Å². The summed E-state index contributed by atoms with van der Waals surface area (Å²) in [5.41, 5.74) is 2.67. The molecular formula is C64H44O12. The molecule has 0 aliphatic carbocycles. The summed E-state index contributed by atoms with van der Waals surface area (Å²) in [4.78, 5) is 66.6. The van der Waals surface area contributed by atoms with Crippen molar-refractivity contribution in [3.8, 4) is 45.6 Å². The highest BCUT2D eigenvalue weighted by atomic mass is 16.6. The Morgan fingerprint density at radius 2 is 0.750 bits per heavy atom. The van der Waals surface area contributed by atoms with Crippen LogP contribution in [0.3, 0.4) is 0 Å². The van der Waals surface area contributed by atoms with E-state index in [-0.39, 0.29) is 45.3 Å². The maximum Gasteiger partial charge on any atom is 0.343 e. The number of hydrogen-bond acceptors (Lipinski definition) is 12. The first-order valence-corrected chi connectivity index (χ1v) is 23.8. The van der Waals surface area contributed by atoms with E-state index in [1.807, 2.05) is 60.7 Å². The van der Waals surface area contributed by atoms with Crippen molar-refractivity contribution >= 4 is 72.9 Å². The Hall–Kier alpha value is -10.2. The lowest BCUT2D eigenvalue weighted by Crippen LogP contribution is -2.15. The van der Waals surface area contributed by atoms with Gasteiger partial charge in [-0.15, -0.1) is 0 Å². The third-order valence-electron chi connectivity index (χ3n) is 12.4. The first-order chi connectivity index (χ1) is 36.7. The molecule has 1 atom stereocenters. The van der Waals surface area contributed by atoms with E-state index in [2.05, 4.69) is 13.2 Å². The van der Waals surface area contributed by atoms with E-state index in [1.54, 1.807) is 98.8 Å². The molecule has 0 spiro atoms. The minimum Gasteiger partial charge on any atom is -0.461 e. The second-order valence-corrected chi connectivity index (χ2v) is 17.9. The van der Waals surface area contributed by atoms with Crippen LogP contribution in [0.2, 0.25) is 0 Å². The third kappa shape index (κ3) is 10.6. The molecule has 10 aromatic carbocycles. The molecule has 10 rings (SSSR count). The minimum absolute atomic E-state index is 0.171. The highest BCUT2D eigenvalue weighted by Crippen LogP contribution is 2.46. The number of carbonyl (C=O) groups is 5. The maximum absolute atomic E-state index is 14.0. The molecule has 76 heavy (non-hydrogen) atoms. The molecule has 12 nitrogen and oxygen atoms in total. The Morgan fingerprint density at radius 3 is 1.21 bits per heavy atom. The second-order valence-electron chi connectivity index (χ2n) is 17.9. The maximum atomic E-state index is 14.0. The zero-order valence-corrected chi connectivity index (χ0v) is 40.9. The number of aliphatic hydroxyl groups is 1. The summed E-state index contributed by atoms with van der Waals surface area (Å²) in [5.74, 6) is -1.58. The molecule has 372 valence electrons. The number of hydrogen-bond donors (Lipinski definition) is 1. The lowest BCUT2D eigenvalue weighted by atomic mass is 9.92. The average molecular weight is 1010 g/mol. The van der Waals surface area contributed by atoms with Crippen molar-refractivity contribution < 1.29 is 57.5 Å². The van der Waals surface area contributed by atoms with Gasteiger partial charge in [-0.25, -0.2) is 24.0 Å². The van der Waals surface area contributed by atoms with E-state index in [9.17, 15) is 29.1 Å². The van der Waals surface area contributed by atoms with Gasteiger partial charge in [-0.2, -0.15) is 0 Å². The molecule has 0 radical (unpaired) electrons. The number of aliphatic hydroxyl groups excluding tert-OH is 1. The first-order valence-electron chi connectivity index (χ1n) is 23.8. The van der Waals surface area contributed by atoms with Crippen LogP contribution in [0.1, 0.15) is 55.3 Å². The van der Waals surface area contributed by atoms with Crippen molar-refractivity contribution in [2.45, 2.75) is 20.1 Å². The molecule has 0 aromatic heterocycles. The average Bonchev–Trinajstić information content (AvgIpc) is 3.43. The van der Waals surface area contributed by atoms with E-state index >= 15 is 0 Å². The number of rotatable bonds is 14. The van der Waals surface area contributed by atoms with Crippen LogP contribution in [0, 0.1) is 0 Å². The Kier molecular flexibility index (Phi) is 13.7. The fourth-order valence-electron chi connectivity index (χ4n) is 8.42. The van der Waals surface area contributed by atoms with Crippen LogP contribution in [0.25, 0.3) is 54.2 Å². The SMILES string of the molecule is C=C(C)C(=O)Oc1ccc2cc(C(=O)Oc3ccc(C(=O)Oc4ccc5ccccc5c4-c4c(OC(=O)c5ccc(OC(=O)c6ccc7cc(OC(O)C(=C)C)ccc7c6)cc5)ccc5ccccc45)cc3)ccc2c1. The van der Waals surface area contributed by atoms with E-state index in [0.29, 0.717) is 33.8 Å². The Bertz CT molecular complexity index is 4010. The zero-order valence-electron chi connectivity index (χ0n) is 40.9. The van der Waals surface area contributed by atoms with Gasteiger partial charge < -0.3 is 33.5 Å². The van der Waals surface area contributed by atoms with Crippen LogP contribution in [-0.2, 0) is 4.79 Å². The Morgan fingerprint density at radius 1 is 0.382 bits per heavy atom. The molecule has 1 N–H and O–H groups in total. The van der Waals surface area contributed by atoms with Gasteiger partial charge in [-0.3, -0.25) is 0 Å². The quantitative estimate of drug-likeness (QED) is 0.0361. The van der Waals surface area contributed by atoms with Crippen molar-refractivity contribution in [2.75, 3.05) is 0 Å². The molecule has 0 heterocycles. The summed E-state index contributed by atoms with van der Waals surface area (Å²) < 4.78 is 34.6. The zero-order chi connectivity index (χ0) is 53.0.